The highest BCUT2D eigenvalue weighted by atomic mass is 16.3. The van der Waals surface area contributed by atoms with Crippen molar-refractivity contribution in [3.63, 3.8) is 0 Å². The maximum Gasteiger partial charge on any atom is 0.252 e. The molecule has 0 fully saturated rings. The molecule has 0 unspecified atom stereocenters. The summed E-state index contributed by atoms with van der Waals surface area (Å²) in [7, 11) is 0. The van der Waals surface area contributed by atoms with Gasteiger partial charge >= 0.3 is 0 Å². The molecule has 0 saturated heterocycles. The highest BCUT2D eigenvalue weighted by Gasteiger charge is 2.46. The number of hydrogen-bond donors (Lipinski definition) is 0. The summed E-state index contributed by atoms with van der Waals surface area (Å²) in [5.74, 6) is 0. The molecule has 0 spiro atoms. The van der Waals surface area contributed by atoms with Crippen LogP contribution >= 0.6 is 0 Å². The summed E-state index contributed by atoms with van der Waals surface area (Å²) in [5.41, 5.74) is 38.8. The maximum absolute atomic E-state index is 7.14. The van der Waals surface area contributed by atoms with Crippen molar-refractivity contribution in [3.8, 4) is 11.1 Å². The van der Waals surface area contributed by atoms with Crippen LogP contribution in [-0.2, 0) is 0 Å². The normalized spacial score (nSPS) is 13.0. The number of aryl methyl sites for hydroxylation is 5. The third-order valence-corrected chi connectivity index (χ3v) is 23.4. The Balaban J connectivity index is 0.706. The van der Waals surface area contributed by atoms with Crippen LogP contribution in [0.3, 0.4) is 0 Å². The van der Waals surface area contributed by atoms with Gasteiger partial charge in [0.15, 0.2) is 5.58 Å². The van der Waals surface area contributed by atoms with E-state index in [-0.39, 0.29) is 13.4 Å². The lowest BCUT2D eigenvalue weighted by Crippen LogP contribution is -2.61. The van der Waals surface area contributed by atoms with E-state index in [1.807, 2.05) is 6.07 Å². The molecule has 22 rings (SSSR count). The first-order valence-corrected chi connectivity index (χ1v) is 38.4. The Bertz CT molecular complexity index is 6820. The van der Waals surface area contributed by atoms with Gasteiger partial charge in [0.1, 0.15) is 16.7 Å². The summed E-state index contributed by atoms with van der Waals surface area (Å²) in [6, 6.07) is 128. The molecule has 0 N–H and O–H groups in total. The first-order valence-electron chi connectivity index (χ1n) is 38.4. The van der Waals surface area contributed by atoms with E-state index in [2.05, 4.69) is 404 Å². The van der Waals surface area contributed by atoms with E-state index in [4.69, 9.17) is 8.83 Å². The van der Waals surface area contributed by atoms with Crippen molar-refractivity contribution in [2.45, 2.75) is 34.6 Å². The van der Waals surface area contributed by atoms with Gasteiger partial charge in [-0.05, 0) is 254 Å². The number of hydrogen-bond acceptors (Lipinski definition) is 8. The molecule has 0 radical (unpaired) electrons. The second kappa shape index (κ2) is 25.1. The van der Waals surface area contributed by atoms with E-state index in [0.29, 0.717) is 0 Å². The Morgan fingerprint density at radius 1 is 0.234 bits per heavy atom. The number of benzene rings is 16. The Morgan fingerprint density at radius 2 is 0.676 bits per heavy atom. The van der Waals surface area contributed by atoms with E-state index >= 15 is 0 Å². The van der Waals surface area contributed by atoms with Crippen LogP contribution in [0.15, 0.2) is 355 Å². The van der Waals surface area contributed by atoms with Crippen LogP contribution in [0.2, 0.25) is 0 Å². The lowest BCUT2D eigenvalue weighted by atomic mass is 9.33. The second-order valence-corrected chi connectivity index (χ2v) is 30.4. The number of furan rings is 2. The summed E-state index contributed by atoms with van der Waals surface area (Å²) >= 11 is 0. The third kappa shape index (κ3) is 10.2. The van der Waals surface area contributed by atoms with E-state index in [0.717, 1.165) is 140 Å². The zero-order chi connectivity index (χ0) is 73.9. The first-order chi connectivity index (χ1) is 54.6. The highest BCUT2D eigenvalue weighted by Crippen LogP contribution is 2.52. The van der Waals surface area contributed by atoms with Gasteiger partial charge in [0.25, 0.3) is 13.4 Å². The molecule has 0 bridgehead atoms. The van der Waals surface area contributed by atoms with Crippen LogP contribution in [0.5, 0.6) is 0 Å². The number of anilines is 18. The van der Waals surface area contributed by atoms with Gasteiger partial charge in [-0.15, -0.1) is 0 Å². The number of nitrogens with zero attached hydrogens (tertiary/aromatic N) is 6. The van der Waals surface area contributed by atoms with Crippen molar-refractivity contribution in [1.29, 1.82) is 0 Å². The Labute approximate surface area is 645 Å². The molecule has 4 aliphatic rings. The standard InChI is InChI=1S/C101H72B2N6O2/c1-63-31-40-73(41-32-63)106-87-52-37-66(4)55-85(87)102-83-50-46-77(61-92(83)108(75-44-35-65(3)36-45-75)90-28-18-27-89(106)99(90)102)104(70-19-9-6-10-20-70)76-48-54-97-82(60-76)80-49-39-68(59-98(80)110-97)69-57-94-100-95(58-69)109(72-23-13-8-14-24-72)93-62-78(47-51-84(93)103(100)86-56-67(5)38-53-88(86)107(94)74-42-33-64(2)34-43-74)105(71-21-11-7-12-22-71)91-29-17-26-81-79-25-15-16-30-96(79)111-101(81)91/h6-62H,1-5H3. The van der Waals surface area contributed by atoms with Crippen LogP contribution < -0.4 is 62.2 Å². The number of para-hydroxylation sites is 5. The largest absolute Gasteiger partial charge is 0.456 e. The van der Waals surface area contributed by atoms with Gasteiger partial charge in [0.2, 0.25) is 0 Å². The van der Waals surface area contributed by atoms with Gasteiger partial charge in [-0.1, -0.05) is 198 Å². The minimum atomic E-state index is -0.126. The lowest BCUT2D eigenvalue weighted by molar-refractivity contribution is 0.668. The van der Waals surface area contributed by atoms with E-state index in [1.165, 1.54) is 77.7 Å². The fraction of sp³-hybridized carbons (Fsp3) is 0.0495. The van der Waals surface area contributed by atoms with Crippen LogP contribution in [0, 0.1) is 34.6 Å². The average molecular weight is 1420 g/mol. The van der Waals surface area contributed by atoms with E-state index in [1.54, 1.807) is 0 Å². The predicted molar refractivity (Wildman–Crippen MR) is 468 cm³/mol. The van der Waals surface area contributed by atoms with Gasteiger partial charge in [0, 0.05) is 118 Å². The van der Waals surface area contributed by atoms with Crippen LogP contribution in [0.25, 0.3) is 55.0 Å². The van der Waals surface area contributed by atoms with Gasteiger partial charge in [-0.2, -0.15) is 0 Å². The Kier molecular flexibility index (Phi) is 14.5. The van der Waals surface area contributed by atoms with Crippen molar-refractivity contribution < 1.29 is 8.83 Å². The number of rotatable bonds is 11. The van der Waals surface area contributed by atoms with Gasteiger partial charge in [-0.3, -0.25) is 0 Å². The summed E-state index contributed by atoms with van der Waals surface area (Å²) in [6.07, 6.45) is 0. The molecule has 524 valence electrons. The molecule has 6 heterocycles. The molecule has 10 heteroatoms. The Morgan fingerprint density at radius 3 is 1.27 bits per heavy atom. The van der Waals surface area contributed by atoms with Crippen LogP contribution in [-0.4, -0.2) is 13.4 Å². The molecule has 0 saturated carbocycles. The number of fused-ring (bicyclic) bond motifs is 14. The zero-order valence-electron chi connectivity index (χ0n) is 62.1. The summed E-state index contributed by atoms with van der Waals surface area (Å²) in [4.78, 5) is 14.8. The van der Waals surface area contributed by atoms with E-state index < -0.39 is 0 Å². The fourth-order valence-corrected chi connectivity index (χ4v) is 18.4. The van der Waals surface area contributed by atoms with Gasteiger partial charge < -0.3 is 38.2 Å². The molecule has 8 nitrogen and oxygen atoms in total. The van der Waals surface area contributed by atoms with Crippen LogP contribution in [0.4, 0.5) is 102 Å². The fourth-order valence-electron chi connectivity index (χ4n) is 18.4. The lowest BCUT2D eigenvalue weighted by Gasteiger charge is -2.45. The zero-order valence-corrected chi connectivity index (χ0v) is 62.1. The predicted octanol–water partition coefficient (Wildman–Crippen LogP) is 23.8. The maximum atomic E-state index is 7.14. The van der Waals surface area contributed by atoms with Crippen molar-refractivity contribution in [2.75, 3.05) is 29.4 Å². The van der Waals surface area contributed by atoms with Gasteiger partial charge in [-0.25, -0.2) is 0 Å². The molecule has 2 aromatic heterocycles. The van der Waals surface area contributed by atoms with Gasteiger partial charge in [0.05, 0.1) is 5.69 Å². The first kappa shape index (κ1) is 64.2. The molecular formula is C101H72B2N6O2. The SMILES string of the molecule is Cc1ccc(N2c3ccc(C)cc3B3c4ccc(N(c5ccccc5)c5ccc6oc7cc(-c8cc9c%10c(c8)N(c8ccccc8)c8cc(N(c%11ccccc%11)c%11cccc%12c%11oc%11ccccc%11%12)ccc8B%10c8cc(C)ccc8N9c8ccc(C)cc8)ccc7c6c5)cc4N(c4ccc(C)cc4)c4cccc2c43)cc1. The average Bonchev–Trinajstić information content (AvgIpc) is 1.58. The second-order valence-electron chi connectivity index (χ2n) is 30.4. The Hall–Kier alpha value is -14.0. The quantitative estimate of drug-likeness (QED) is 0.119. The smallest absolute Gasteiger partial charge is 0.252 e. The molecule has 0 amide bonds. The van der Waals surface area contributed by atoms with Crippen molar-refractivity contribution in [1.82, 2.24) is 0 Å². The van der Waals surface area contributed by atoms with Crippen molar-refractivity contribution in [3.05, 3.63) is 374 Å². The molecule has 111 heavy (non-hydrogen) atoms. The minimum absolute atomic E-state index is 0.0291. The topological polar surface area (TPSA) is 45.7 Å². The minimum Gasteiger partial charge on any atom is -0.456 e. The van der Waals surface area contributed by atoms with E-state index in [9.17, 15) is 0 Å². The third-order valence-electron chi connectivity index (χ3n) is 23.4. The molecule has 16 aromatic carbocycles. The highest BCUT2D eigenvalue weighted by molar-refractivity contribution is 7.01. The molecule has 18 aromatic rings. The monoisotopic (exact) mass is 1420 g/mol. The molecule has 0 atom stereocenters. The molecule has 4 aliphatic heterocycles. The summed E-state index contributed by atoms with van der Waals surface area (Å²) in [6.45, 7) is 10.8. The summed E-state index contributed by atoms with van der Waals surface area (Å²) < 4.78 is 14.0. The van der Waals surface area contributed by atoms with Crippen molar-refractivity contribution >= 4 is 192 Å². The summed E-state index contributed by atoms with van der Waals surface area (Å²) in [5, 5.41) is 4.24. The molecular weight excluding hydrogens is 1350 g/mol. The van der Waals surface area contributed by atoms with Crippen LogP contribution in [0.1, 0.15) is 27.8 Å². The van der Waals surface area contributed by atoms with Crippen molar-refractivity contribution in [2.24, 2.45) is 0 Å². The molecule has 0 aliphatic carbocycles.